The molecule has 0 aliphatic heterocycles. The van der Waals surface area contributed by atoms with Gasteiger partial charge in [0.1, 0.15) is 0 Å². The molecule has 0 spiro atoms. The van der Waals surface area contributed by atoms with Crippen LogP contribution in [-0.2, 0) is 6.42 Å². The van der Waals surface area contributed by atoms with Gasteiger partial charge in [-0.25, -0.2) is 6.57 Å². The first-order valence-corrected chi connectivity index (χ1v) is 4.15. The molecule has 1 aromatic heterocycles. The smallest absolute Gasteiger partial charge is 0.218 e. The Morgan fingerprint density at radius 3 is 3.00 bits per heavy atom. The summed E-state index contributed by atoms with van der Waals surface area (Å²) >= 11 is 7.20. The molecule has 0 saturated carbocycles. The lowest BCUT2D eigenvalue weighted by Gasteiger charge is -1.83. The third-order valence-electron chi connectivity index (χ3n) is 1.13. The number of hydrogen-bond donors (Lipinski definition) is 0. The molecule has 1 heterocycles. The van der Waals surface area contributed by atoms with Gasteiger partial charge in [-0.1, -0.05) is 11.6 Å². The Labute approximate surface area is 69.1 Å². The molecule has 3 heteroatoms. The summed E-state index contributed by atoms with van der Waals surface area (Å²) in [6, 6.07) is 1.91. The third-order valence-corrected chi connectivity index (χ3v) is 2.27. The molecule has 0 aliphatic rings. The maximum absolute atomic E-state index is 6.55. The van der Waals surface area contributed by atoms with E-state index in [-0.39, 0.29) is 0 Å². The monoisotopic (exact) mass is 171 g/mol. The molecule has 0 aromatic carbocycles. The van der Waals surface area contributed by atoms with Crippen molar-refractivity contribution in [1.29, 1.82) is 0 Å². The van der Waals surface area contributed by atoms with E-state index in [2.05, 4.69) is 4.85 Å². The number of halogens is 1. The van der Waals surface area contributed by atoms with Crippen LogP contribution in [-0.4, -0.2) is 6.54 Å². The highest BCUT2D eigenvalue weighted by molar-refractivity contribution is 7.14. The fraction of sp³-hybridized carbons (Fsp3) is 0.286. The summed E-state index contributed by atoms with van der Waals surface area (Å²) in [4.78, 5) is 3.25. The molecule has 0 aliphatic carbocycles. The van der Waals surface area contributed by atoms with Crippen LogP contribution in [0.2, 0.25) is 4.34 Å². The minimum absolute atomic E-state index is 0.563. The Kier molecular flexibility index (Phi) is 2.73. The van der Waals surface area contributed by atoms with Crippen LogP contribution < -0.4 is 0 Å². The van der Waals surface area contributed by atoms with Crippen molar-refractivity contribution in [3.05, 3.63) is 32.8 Å². The molecule has 1 aromatic rings. The fourth-order valence-corrected chi connectivity index (χ4v) is 1.60. The predicted molar refractivity (Wildman–Crippen MR) is 44.5 cm³/mol. The van der Waals surface area contributed by atoms with Gasteiger partial charge in [0.15, 0.2) is 0 Å². The van der Waals surface area contributed by atoms with E-state index in [0.717, 1.165) is 10.8 Å². The van der Waals surface area contributed by atoms with Crippen LogP contribution in [0.4, 0.5) is 0 Å². The average Bonchev–Trinajstić information content (AvgIpc) is 2.31. The minimum atomic E-state index is 0.563. The molecule has 0 bridgehead atoms. The van der Waals surface area contributed by atoms with E-state index in [1.54, 1.807) is 0 Å². The molecule has 0 amide bonds. The lowest BCUT2D eigenvalue weighted by Crippen LogP contribution is -1.81. The van der Waals surface area contributed by atoms with Crippen molar-refractivity contribution in [2.75, 3.05) is 6.54 Å². The van der Waals surface area contributed by atoms with Crippen molar-refractivity contribution >= 4 is 22.9 Å². The zero-order valence-electron chi connectivity index (χ0n) is 5.30. The van der Waals surface area contributed by atoms with E-state index in [1.807, 2.05) is 11.4 Å². The summed E-state index contributed by atoms with van der Waals surface area (Å²) < 4.78 is 0.806. The van der Waals surface area contributed by atoms with E-state index in [4.69, 9.17) is 18.2 Å². The zero-order chi connectivity index (χ0) is 7.40. The molecule has 0 unspecified atom stereocenters. The highest BCUT2D eigenvalue weighted by Crippen LogP contribution is 2.19. The predicted octanol–water partition coefficient (Wildman–Crippen LogP) is 2.86. The summed E-state index contributed by atoms with van der Waals surface area (Å²) in [6.45, 7) is 7.12. The second-order valence-corrected chi connectivity index (χ2v) is 3.43. The first-order valence-electron chi connectivity index (χ1n) is 2.89. The molecule has 52 valence electrons. The van der Waals surface area contributed by atoms with Gasteiger partial charge in [0, 0.05) is 6.42 Å². The third kappa shape index (κ3) is 2.02. The minimum Gasteiger partial charge on any atom is -0.317 e. The van der Waals surface area contributed by atoms with Crippen LogP contribution in [0, 0.1) is 6.57 Å². The normalized spacial score (nSPS) is 9.20. The first-order chi connectivity index (χ1) is 4.83. The van der Waals surface area contributed by atoms with E-state index in [9.17, 15) is 0 Å². The number of rotatable bonds is 2. The summed E-state index contributed by atoms with van der Waals surface area (Å²) in [5, 5.41) is 1.99. The Bertz CT molecular complexity index is 248. The molecule has 0 atom stereocenters. The summed E-state index contributed by atoms with van der Waals surface area (Å²) in [5.41, 5.74) is 1.17. The van der Waals surface area contributed by atoms with Crippen LogP contribution in [0.5, 0.6) is 0 Å². The summed E-state index contributed by atoms with van der Waals surface area (Å²) in [5.74, 6) is 0. The quantitative estimate of drug-likeness (QED) is 0.603. The molecular formula is C7H6ClNS. The maximum Gasteiger partial charge on any atom is 0.218 e. The number of hydrogen-bond acceptors (Lipinski definition) is 1. The van der Waals surface area contributed by atoms with Gasteiger partial charge < -0.3 is 4.85 Å². The van der Waals surface area contributed by atoms with Crippen LogP contribution >= 0.6 is 22.9 Å². The Morgan fingerprint density at radius 1 is 1.70 bits per heavy atom. The SMILES string of the molecule is [C-]#[N+]CCc1csc(Cl)c1. The summed E-state index contributed by atoms with van der Waals surface area (Å²) in [7, 11) is 0. The highest BCUT2D eigenvalue weighted by atomic mass is 35.5. The lowest BCUT2D eigenvalue weighted by molar-refractivity contribution is 1.09. The molecule has 0 N–H and O–H groups in total. The molecular weight excluding hydrogens is 166 g/mol. The van der Waals surface area contributed by atoms with Crippen LogP contribution in [0.1, 0.15) is 5.56 Å². The molecule has 1 rings (SSSR count). The summed E-state index contributed by atoms with van der Waals surface area (Å²) in [6.07, 6.45) is 0.826. The van der Waals surface area contributed by atoms with Gasteiger partial charge in [-0.15, -0.1) is 11.3 Å². The molecule has 0 fully saturated rings. The molecule has 0 radical (unpaired) electrons. The highest BCUT2D eigenvalue weighted by Gasteiger charge is 1.97. The Hall–Kier alpha value is -0.520. The van der Waals surface area contributed by atoms with Gasteiger partial charge in [-0.05, 0) is 17.0 Å². The van der Waals surface area contributed by atoms with E-state index in [1.165, 1.54) is 16.9 Å². The lowest BCUT2D eigenvalue weighted by atomic mass is 10.2. The van der Waals surface area contributed by atoms with Gasteiger partial charge in [-0.2, -0.15) is 0 Å². The van der Waals surface area contributed by atoms with Crippen molar-refractivity contribution in [1.82, 2.24) is 0 Å². The molecule has 0 saturated heterocycles. The number of thiophene rings is 1. The van der Waals surface area contributed by atoms with Crippen LogP contribution in [0.25, 0.3) is 4.85 Å². The molecule has 10 heavy (non-hydrogen) atoms. The van der Waals surface area contributed by atoms with Crippen molar-refractivity contribution in [2.24, 2.45) is 0 Å². The topological polar surface area (TPSA) is 4.36 Å². The van der Waals surface area contributed by atoms with Crippen LogP contribution in [0.15, 0.2) is 11.4 Å². The van der Waals surface area contributed by atoms with E-state index >= 15 is 0 Å². The van der Waals surface area contributed by atoms with Crippen molar-refractivity contribution in [3.8, 4) is 0 Å². The van der Waals surface area contributed by atoms with E-state index < -0.39 is 0 Å². The van der Waals surface area contributed by atoms with Gasteiger partial charge >= 0.3 is 0 Å². The van der Waals surface area contributed by atoms with Crippen molar-refractivity contribution in [2.45, 2.75) is 6.42 Å². The van der Waals surface area contributed by atoms with Crippen LogP contribution in [0.3, 0.4) is 0 Å². The maximum atomic E-state index is 6.55. The zero-order valence-corrected chi connectivity index (χ0v) is 6.87. The van der Waals surface area contributed by atoms with Gasteiger partial charge in [0.25, 0.3) is 0 Å². The standard InChI is InChI=1S/C7H6ClNS/c1-9-3-2-6-4-7(8)10-5-6/h4-5H,2-3H2. The second kappa shape index (κ2) is 3.60. The first kappa shape index (κ1) is 7.59. The van der Waals surface area contributed by atoms with Gasteiger partial charge in [-0.3, -0.25) is 0 Å². The Morgan fingerprint density at radius 2 is 2.50 bits per heavy atom. The Balaban J connectivity index is 2.52. The number of nitrogens with zero attached hydrogens (tertiary/aromatic N) is 1. The fourth-order valence-electron chi connectivity index (χ4n) is 0.662. The van der Waals surface area contributed by atoms with Gasteiger partial charge in [0.2, 0.25) is 6.54 Å². The van der Waals surface area contributed by atoms with E-state index in [0.29, 0.717) is 6.54 Å². The van der Waals surface area contributed by atoms with Crippen molar-refractivity contribution < 1.29 is 0 Å². The average molecular weight is 172 g/mol. The largest absolute Gasteiger partial charge is 0.317 e. The van der Waals surface area contributed by atoms with Crippen molar-refractivity contribution in [3.63, 3.8) is 0 Å². The van der Waals surface area contributed by atoms with Gasteiger partial charge in [0.05, 0.1) is 4.34 Å². The molecule has 1 nitrogen and oxygen atoms in total. The second-order valence-electron chi connectivity index (χ2n) is 1.89.